The molecule has 2 aromatic rings. The van der Waals surface area contributed by atoms with Gasteiger partial charge in [-0.05, 0) is 36.2 Å². The molecule has 0 bridgehead atoms. The molecule has 1 atom stereocenters. The van der Waals surface area contributed by atoms with E-state index in [4.69, 9.17) is 16.3 Å². The highest BCUT2D eigenvalue weighted by molar-refractivity contribution is 7.91. The summed E-state index contributed by atoms with van der Waals surface area (Å²) in [7, 11) is -3.99. The topological polar surface area (TPSA) is 90.4 Å². The Morgan fingerprint density at radius 3 is 2.58 bits per heavy atom. The summed E-state index contributed by atoms with van der Waals surface area (Å²) >= 11 is 7.12. The summed E-state index contributed by atoms with van der Waals surface area (Å²) in [6, 6.07) is 9.50. The van der Waals surface area contributed by atoms with Gasteiger partial charge in [-0.2, -0.15) is 4.31 Å². The van der Waals surface area contributed by atoms with Crippen molar-refractivity contribution in [3.63, 3.8) is 0 Å². The van der Waals surface area contributed by atoms with Crippen molar-refractivity contribution in [3.8, 4) is 10.4 Å². The van der Waals surface area contributed by atoms with Gasteiger partial charge in [0, 0.05) is 36.1 Å². The molecule has 8 nitrogen and oxygen atoms in total. The van der Waals surface area contributed by atoms with Crippen molar-refractivity contribution in [2.45, 2.75) is 16.7 Å². The number of halogens is 1. The van der Waals surface area contributed by atoms with Crippen molar-refractivity contribution < 1.29 is 23.2 Å². The molecule has 3 heterocycles. The molecule has 2 aliphatic heterocycles. The Hall–Kier alpha value is -1.79. The number of ether oxygens (including phenoxy) is 1. The molecule has 1 N–H and O–H groups in total. The fourth-order valence-corrected chi connectivity index (χ4v) is 7.01. The number of hydrogen-bond acceptors (Lipinski definition) is 7. The molecule has 1 fully saturated rings. The van der Waals surface area contributed by atoms with Crippen LogP contribution in [-0.2, 0) is 19.6 Å². The van der Waals surface area contributed by atoms with Crippen LogP contribution in [0, 0.1) is 0 Å². The van der Waals surface area contributed by atoms with Gasteiger partial charge in [0.1, 0.15) is 10.3 Å². The summed E-state index contributed by atoms with van der Waals surface area (Å²) in [6.07, 6.45) is 3.60. The van der Waals surface area contributed by atoms with E-state index in [9.17, 15) is 18.4 Å². The van der Waals surface area contributed by atoms with Gasteiger partial charge in [-0.3, -0.25) is 14.9 Å². The Morgan fingerprint density at radius 2 is 1.85 bits per heavy atom. The van der Waals surface area contributed by atoms with E-state index in [0.717, 1.165) is 21.8 Å². The van der Waals surface area contributed by atoms with Crippen molar-refractivity contribution in [1.82, 2.24) is 14.3 Å². The van der Waals surface area contributed by atoms with Crippen LogP contribution in [0.4, 0.5) is 0 Å². The number of morpholine rings is 1. The van der Waals surface area contributed by atoms with Crippen molar-refractivity contribution in [3.05, 3.63) is 53.6 Å². The summed E-state index contributed by atoms with van der Waals surface area (Å²) in [6.45, 7) is 3.24. The van der Waals surface area contributed by atoms with Crippen LogP contribution in [0.25, 0.3) is 10.4 Å². The van der Waals surface area contributed by atoms with Crippen molar-refractivity contribution in [2.24, 2.45) is 0 Å². The zero-order valence-corrected chi connectivity index (χ0v) is 20.4. The normalized spacial score (nSPS) is 20.4. The Balaban J connectivity index is 1.63. The fourth-order valence-electron chi connectivity index (χ4n) is 3.85. The standard InChI is InChI=1S/C22H26ClN3O5S2/c23-18-6-4-17(5-7-18)20-8-9-21(32-20)33(29,30)26(12-11-24-13-15-31-16-14-24)19-3-1-2-10-25(28)22(19)27/h1-2,4-9,19,28H,3,10-16H2/t19-/m1/s1. The van der Waals surface area contributed by atoms with Crippen LogP contribution >= 0.6 is 22.9 Å². The second-order valence-corrected chi connectivity index (χ2v) is 11.5. The van der Waals surface area contributed by atoms with Gasteiger partial charge in [-0.1, -0.05) is 35.9 Å². The highest BCUT2D eigenvalue weighted by Crippen LogP contribution is 2.34. The number of thiophene rings is 1. The maximum Gasteiger partial charge on any atom is 0.264 e. The lowest BCUT2D eigenvalue weighted by Gasteiger charge is -2.33. The van der Waals surface area contributed by atoms with E-state index in [-0.39, 0.29) is 23.7 Å². The minimum absolute atomic E-state index is 0.0341. The lowest BCUT2D eigenvalue weighted by Crippen LogP contribution is -2.52. The summed E-state index contributed by atoms with van der Waals surface area (Å²) in [5.74, 6) is -0.625. The number of hydrogen-bond donors (Lipinski definition) is 1. The molecule has 178 valence electrons. The molecule has 11 heteroatoms. The van der Waals surface area contributed by atoms with Crippen LogP contribution in [0.2, 0.25) is 5.02 Å². The second-order valence-electron chi connectivity index (χ2n) is 7.84. The molecule has 4 rings (SSSR count). The number of amides is 1. The van der Waals surface area contributed by atoms with E-state index in [0.29, 0.717) is 42.9 Å². The number of nitrogens with zero attached hydrogens (tertiary/aromatic N) is 3. The summed E-state index contributed by atoms with van der Waals surface area (Å²) in [4.78, 5) is 15.8. The number of benzene rings is 1. The molecule has 0 radical (unpaired) electrons. The second kappa shape index (κ2) is 10.6. The van der Waals surface area contributed by atoms with E-state index in [1.165, 1.54) is 4.31 Å². The highest BCUT2D eigenvalue weighted by Gasteiger charge is 2.38. The molecular formula is C22H26ClN3O5S2. The van der Waals surface area contributed by atoms with Crippen molar-refractivity contribution in [1.29, 1.82) is 0 Å². The SMILES string of the molecule is O=C1[C@H](N(CCN2CCOCC2)S(=O)(=O)c2ccc(-c3ccc(Cl)cc3)s2)CC=CCN1O. The first-order valence-corrected chi connectivity index (χ1v) is 13.3. The van der Waals surface area contributed by atoms with Crippen LogP contribution in [-0.4, -0.2) is 85.8 Å². The zero-order valence-electron chi connectivity index (χ0n) is 18.0. The molecule has 0 saturated carbocycles. The zero-order chi connectivity index (χ0) is 23.4. The quantitative estimate of drug-likeness (QED) is 0.454. The van der Waals surface area contributed by atoms with Crippen LogP contribution in [0.3, 0.4) is 0 Å². The molecule has 1 saturated heterocycles. The fraction of sp³-hybridized carbons (Fsp3) is 0.409. The predicted molar refractivity (Wildman–Crippen MR) is 127 cm³/mol. The molecular weight excluding hydrogens is 486 g/mol. The van der Waals surface area contributed by atoms with Gasteiger partial charge in [0.15, 0.2) is 0 Å². The average molecular weight is 512 g/mol. The van der Waals surface area contributed by atoms with Gasteiger partial charge in [-0.25, -0.2) is 13.5 Å². The molecule has 2 aliphatic rings. The molecule has 0 unspecified atom stereocenters. The maximum atomic E-state index is 13.8. The van der Waals surface area contributed by atoms with Gasteiger partial charge >= 0.3 is 0 Å². The smallest absolute Gasteiger partial charge is 0.264 e. The van der Waals surface area contributed by atoms with Crippen LogP contribution in [0.15, 0.2) is 52.8 Å². The Kier molecular flexibility index (Phi) is 7.85. The number of carbonyl (C=O) groups is 1. The average Bonchev–Trinajstić information content (AvgIpc) is 3.26. The van der Waals surface area contributed by atoms with E-state index >= 15 is 0 Å². The van der Waals surface area contributed by atoms with Crippen molar-refractivity contribution in [2.75, 3.05) is 45.9 Å². The Labute approximate surface area is 202 Å². The van der Waals surface area contributed by atoms with E-state index < -0.39 is 22.0 Å². The number of carbonyl (C=O) groups excluding carboxylic acids is 1. The first-order chi connectivity index (χ1) is 15.9. The molecule has 1 amide bonds. The van der Waals surface area contributed by atoms with Gasteiger partial charge in [-0.15, -0.1) is 11.3 Å². The predicted octanol–water partition coefficient (Wildman–Crippen LogP) is 2.94. The molecule has 1 aromatic heterocycles. The van der Waals surface area contributed by atoms with Crippen LogP contribution < -0.4 is 0 Å². The third-order valence-electron chi connectivity index (χ3n) is 5.70. The number of hydroxylamine groups is 2. The summed E-state index contributed by atoms with van der Waals surface area (Å²) in [5, 5.41) is 11.3. The van der Waals surface area contributed by atoms with Crippen LogP contribution in [0.1, 0.15) is 6.42 Å². The van der Waals surface area contributed by atoms with Crippen molar-refractivity contribution >= 4 is 38.9 Å². The minimum Gasteiger partial charge on any atom is -0.379 e. The number of rotatable bonds is 7. The van der Waals surface area contributed by atoms with E-state index in [2.05, 4.69) is 4.90 Å². The largest absolute Gasteiger partial charge is 0.379 e. The molecule has 0 spiro atoms. The lowest BCUT2D eigenvalue weighted by molar-refractivity contribution is -0.166. The van der Waals surface area contributed by atoms with Gasteiger partial charge in [0.2, 0.25) is 0 Å². The third kappa shape index (κ3) is 5.65. The summed E-state index contributed by atoms with van der Waals surface area (Å²) in [5.41, 5.74) is 0.862. The van der Waals surface area contributed by atoms with Gasteiger partial charge in [0.25, 0.3) is 15.9 Å². The van der Waals surface area contributed by atoms with E-state index in [1.54, 1.807) is 36.4 Å². The van der Waals surface area contributed by atoms with Gasteiger partial charge < -0.3 is 4.74 Å². The third-order valence-corrected chi connectivity index (χ3v) is 9.47. The molecule has 1 aromatic carbocycles. The first-order valence-electron chi connectivity index (χ1n) is 10.7. The Morgan fingerprint density at radius 1 is 1.12 bits per heavy atom. The lowest BCUT2D eigenvalue weighted by atomic mass is 10.2. The maximum absolute atomic E-state index is 13.8. The molecule has 33 heavy (non-hydrogen) atoms. The minimum atomic E-state index is -3.99. The highest BCUT2D eigenvalue weighted by atomic mass is 35.5. The van der Waals surface area contributed by atoms with Crippen LogP contribution in [0.5, 0.6) is 0 Å². The molecule has 0 aliphatic carbocycles. The number of sulfonamides is 1. The van der Waals surface area contributed by atoms with Gasteiger partial charge in [0.05, 0.1) is 19.8 Å². The summed E-state index contributed by atoms with van der Waals surface area (Å²) < 4.78 is 34.3. The Bertz CT molecular complexity index is 1100. The first kappa shape index (κ1) is 24.3. The monoisotopic (exact) mass is 511 g/mol. The van der Waals surface area contributed by atoms with E-state index in [1.807, 2.05) is 12.1 Å².